The van der Waals surface area contributed by atoms with Gasteiger partial charge in [-0.25, -0.2) is 0 Å². The van der Waals surface area contributed by atoms with Crippen molar-refractivity contribution in [1.29, 1.82) is 0 Å². The summed E-state index contributed by atoms with van der Waals surface area (Å²) in [6.45, 7) is 10.2. The Morgan fingerprint density at radius 1 is 0.929 bits per heavy atom. The molecule has 0 saturated carbocycles. The first-order valence-electron chi connectivity index (χ1n) is 9.92. The number of aryl methyl sites for hydroxylation is 1. The minimum atomic E-state index is -0.234. The highest BCUT2D eigenvalue weighted by atomic mass is 16.5. The first-order valence-corrected chi connectivity index (χ1v) is 9.92. The molecular formula is C26H30O2. The molecule has 2 nitrogen and oxygen atoms in total. The van der Waals surface area contributed by atoms with E-state index in [9.17, 15) is 4.79 Å². The van der Waals surface area contributed by atoms with Crippen molar-refractivity contribution in [2.45, 2.75) is 47.5 Å². The van der Waals surface area contributed by atoms with Crippen LogP contribution in [0.1, 0.15) is 44.4 Å². The molecule has 3 rings (SSSR count). The van der Waals surface area contributed by atoms with Gasteiger partial charge in [0.1, 0.15) is 5.75 Å². The topological polar surface area (TPSA) is 26.3 Å². The maximum atomic E-state index is 12.5. The second-order valence-corrected chi connectivity index (χ2v) is 6.93. The number of fused-ring (bicyclic) bond motifs is 1. The van der Waals surface area contributed by atoms with E-state index in [2.05, 4.69) is 44.2 Å². The van der Waals surface area contributed by atoms with Crippen molar-refractivity contribution in [2.24, 2.45) is 0 Å². The molecule has 0 amide bonds. The number of rotatable bonds is 5. The predicted molar refractivity (Wildman–Crippen MR) is 119 cm³/mol. The van der Waals surface area contributed by atoms with Gasteiger partial charge in [0, 0.05) is 0 Å². The van der Waals surface area contributed by atoms with E-state index in [1.807, 2.05) is 57.2 Å². The zero-order chi connectivity index (χ0) is 20.5. The molecule has 0 N–H and O–H groups in total. The van der Waals surface area contributed by atoms with Crippen LogP contribution in [0.5, 0.6) is 5.75 Å². The Labute approximate surface area is 168 Å². The second kappa shape index (κ2) is 10.5. The van der Waals surface area contributed by atoms with Gasteiger partial charge in [0.2, 0.25) is 0 Å². The first kappa shape index (κ1) is 21.4. The van der Waals surface area contributed by atoms with E-state index in [1.54, 1.807) is 0 Å². The fourth-order valence-electron chi connectivity index (χ4n) is 2.96. The Kier molecular flexibility index (Phi) is 8.01. The first-order chi connectivity index (χ1) is 13.5. The number of hydrogen-bond donors (Lipinski definition) is 0. The van der Waals surface area contributed by atoms with Crippen LogP contribution in [0, 0.1) is 6.92 Å². The summed E-state index contributed by atoms with van der Waals surface area (Å²) in [6, 6.07) is 20.2. The molecule has 0 radical (unpaired) electrons. The minimum Gasteiger partial charge on any atom is -0.426 e. The molecule has 2 heteroatoms. The number of benzene rings is 3. The largest absolute Gasteiger partial charge is 0.426 e. The van der Waals surface area contributed by atoms with Crippen LogP contribution in [0.2, 0.25) is 0 Å². The van der Waals surface area contributed by atoms with E-state index in [-0.39, 0.29) is 12.4 Å². The van der Waals surface area contributed by atoms with Crippen LogP contribution in [0.3, 0.4) is 0 Å². The molecule has 0 aliphatic heterocycles. The van der Waals surface area contributed by atoms with Crippen molar-refractivity contribution in [3.63, 3.8) is 0 Å². The lowest BCUT2D eigenvalue weighted by Crippen LogP contribution is -2.12. The molecule has 0 aromatic heterocycles. The molecule has 0 saturated heterocycles. The average Bonchev–Trinajstić information content (AvgIpc) is 2.69. The Morgan fingerprint density at radius 2 is 1.64 bits per heavy atom. The van der Waals surface area contributed by atoms with Crippen LogP contribution in [0.25, 0.3) is 10.8 Å². The van der Waals surface area contributed by atoms with Crippen molar-refractivity contribution in [1.82, 2.24) is 0 Å². The van der Waals surface area contributed by atoms with Crippen molar-refractivity contribution in [3.8, 4) is 5.75 Å². The van der Waals surface area contributed by atoms with Gasteiger partial charge in [-0.05, 0) is 55.2 Å². The standard InChI is InChI=1S/C24H24O2.C2H6/c1-17(2)8-11-22-14-18(3)9-13-23(22)26-24(25)16-19-10-12-20-6-4-5-7-21(20)15-19;1-2/h4-10,12-15H,11,16H2,1-3H3;1-2H3. The normalized spacial score (nSPS) is 10.0. The van der Waals surface area contributed by atoms with E-state index >= 15 is 0 Å². The zero-order valence-electron chi connectivity index (χ0n) is 17.6. The van der Waals surface area contributed by atoms with E-state index in [0.29, 0.717) is 5.75 Å². The van der Waals surface area contributed by atoms with E-state index in [1.165, 1.54) is 11.0 Å². The average molecular weight is 375 g/mol. The monoisotopic (exact) mass is 374 g/mol. The number of allylic oxidation sites excluding steroid dienone is 2. The van der Waals surface area contributed by atoms with Crippen molar-refractivity contribution in [2.75, 3.05) is 0 Å². The van der Waals surface area contributed by atoms with Gasteiger partial charge in [0.05, 0.1) is 6.42 Å². The molecule has 0 spiro atoms. The third-order valence-electron chi connectivity index (χ3n) is 4.33. The highest BCUT2D eigenvalue weighted by molar-refractivity contribution is 5.84. The molecule has 146 valence electrons. The van der Waals surface area contributed by atoms with E-state index in [4.69, 9.17) is 4.74 Å². The summed E-state index contributed by atoms with van der Waals surface area (Å²) in [5.41, 5.74) is 4.42. The quantitative estimate of drug-likeness (QED) is 0.278. The number of hydrogen-bond acceptors (Lipinski definition) is 2. The second-order valence-electron chi connectivity index (χ2n) is 6.93. The molecule has 0 unspecified atom stereocenters. The predicted octanol–water partition coefficient (Wildman–Crippen LogP) is 6.83. The molecule has 3 aromatic rings. The fraction of sp³-hybridized carbons (Fsp3) is 0.269. The lowest BCUT2D eigenvalue weighted by molar-refractivity contribution is -0.133. The summed E-state index contributed by atoms with van der Waals surface area (Å²) in [7, 11) is 0. The summed E-state index contributed by atoms with van der Waals surface area (Å²) in [4.78, 5) is 12.5. The third-order valence-corrected chi connectivity index (χ3v) is 4.33. The highest BCUT2D eigenvalue weighted by Gasteiger charge is 2.11. The zero-order valence-corrected chi connectivity index (χ0v) is 17.6. The maximum absolute atomic E-state index is 12.5. The molecule has 0 fully saturated rings. The van der Waals surface area contributed by atoms with Gasteiger partial charge in [-0.1, -0.05) is 85.7 Å². The Balaban J connectivity index is 0.00000136. The third kappa shape index (κ3) is 6.09. The molecule has 3 aromatic carbocycles. The number of ether oxygens (including phenoxy) is 1. The Bertz CT molecular complexity index is 963. The highest BCUT2D eigenvalue weighted by Crippen LogP contribution is 2.23. The van der Waals surface area contributed by atoms with Gasteiger partial charge in [-0.3, -0.25) is 4.79 Å². The molecule has 0 heterocycles. The smallest absolute Gasteiger partial charge is 0.315 e. The molecule has 0 bridgehead atoms. The van der Waals surface area contributed by atoms with Crippen LogP contribution >= 0.6 is 0 Å². The lowest BCUT2D eigenvalue weighted by atomic mass is 10.0. The number of carbonyl (C=O) groups excluding carboxylic acids is 1. The SMILES string of the molecule is CC.CC(C)=CCc1cc(C)ccc1OC(=O)Cc1ccc2ccccc2c1. The van der Waals surface area contributed by atoms with Gasteiger partial charge in [-0.15, -0.1) is 0 Å². The van der Waals surface area contributed by atoms with Crippen molar-refractivity contribution >= 4 is 16.7 Å². The van der Waals surface area contributed by atoms with Gasteiger partial charge >= 0.3 is 5.97 Å². The van der Waals surface area contributed by atoms with E-state index < -0.39 is 0 Å². The Morgan fingerprint density at radius 3 is 2.36 bits per heavy atom. The van der Waals surface area contributed by atoms with Crippen LogP contribution in [-0.4, -0.2) is 5.97 Å². The molecule has 0 aliphatic carbocycles. The van der Waals surface area contributed by atoms with Crippen LogP contribution in [0.15, 0.2) is 72.3 Å². The van der Waals surface area contributed by atoms with Crippen LogP contribution in [-0.2, 0) is 17.6 Å². The summed E-state index contributed by atoms with van der Waals surface area (Å²) >= 11 is 0. The Hall–Kier alpha value is -2.87. The van der Waals surface area contributed by atoms with Gasteiger partial charge < -0.3 is 4.74 Å². The number of esters is 1. The molecule has 28 heavy (non-hydrogen) atoms. The number of carbonyl (C=O) groups is 1. The van der Waals surface area contributed by atoms with Crippen molar-refractivity contribution < 1.29 is 9.53 Å². The minimum absolute atomic E-state index is 0.234. The molecule has 0 aliphatic rings. The molecule has 0 atom stereocenters. The van der Waals surface area contributed by atoms with Gasteiger partial charge in [0.15, 0.2) is 0 Å². The summed E-state index contributed by atoms with van der Waals surface area (Å²) < 4.78 is 5.68. The van der Waals surface area contributed by atoms with Crippen LogP contribution in [0.4, 0.5) is 0 Å². The molecular weight excluding hydrogens is 344 g/mol. The van der Waals surface area contributed by atoms with E-state index in [0.717, 1.165) is 28.5 Å². The van der Waals surface area contributed by atoms with Gasteiger partial charge in [0.25, 0.3) is 0 Å². The summed E-state index contributed by atoms with van der Waals surface area (Å²) in [5.74, 6) is 0.418. The van der Waals surface area contributed by atoms with Crippen molar-refractivity contribution in [3.05, 3.63) is 89.0 Å². The van der Waals surface area contributed by atoms with Gasteiger partial charge in [-0.2, -0.15) is 0 Å². The lowest BCUT2D eigenvalue weighted by Gasteiger charge is -2.11. The van der Waals surface area contributed by atoms with Crippen LogP contribution < -0.4 is 4.74 Å². The summed E-state index contributed by atoms with van der Waals surface area (Å²) in [6.07, 6.45) is 3.18. The maximum Gasteiger partial charge on any atom is 0.315 e. The fourth-order valence-corrected chi connectivity index (χ4v) is 2.96. The summed E-state index contributed by atoms with van der Waals surface area (Å²) in [5, 5.41) is 2.31.